The topological polar surface area (TPSA) is 84.9 Å². The van der Waals surface area contributed by atoms with Crippen molar-refractivity contribution in [3.63, 3.8) is 0 Å². The van der Waals surface area contributed by atoms with Crippen LogP contribution in [0.25, 0.3) is 0 Å². The number of nitrogens with one attached hydrogen (secondary N) is 1. The molecular weight excluding hydrogens is 405 g/mol. The molecule has 1 aliphatic heterocycles. The molecular formula is C25H24BNO5. The lowest BCUT2D eigenvalue weighted by Crippen LogP contribution is -2.44. The van der Waals surface area contributed by atoms with E-state index >= 15 is 0 Å². The van der Waals surface area contributed by atoms with Crippen molar-refractivity contribution in [1.29, 1.82) is 0 Å². The number of carbonyl (C=O) groups is 2. The average molecular weight is 429 g/mol. The predicted molar refractivity (Wildman–Crippen MR) is 121 cm³/mol. The molecule has 6 nitrogen and oxygen atoms in total. The monoisotopic (exact) mass is 429 g/mol. The maximum Gasteiger partial charge on any atom is 0.491 e. The molecule has 0 spiro atoms. The summed E-state index contributed by atoms with van der Waals surface area (Å²) in [6.45, 7) is 2.11. The largest absolute Gasteiger partial charge is 0.491 e. The van der Waals surface area contributed by atoms with E-state index in [0.717, 1.165) is 16.7 Å². The molecule has 0 fully saturated rings. The number of amides is 1. The summed E-state index contributed by atoms with van der Waals surface area (Å²) in [5.41, 5.74) is 3.52. The van der Waals surface area contributed by atoms with E-state index in [9.17, 15) is 14.6 Å². The highest BCUT2D eigenvalue weighted by Gasteiger charge is 2.29. The molecule has 0 aromatic heterocycles. The quantitative estimate of drug-likeness (QED) is 0.446. The van der Waals surface area contributed by atoms with E-state index in [1.54, 1.807) is 25.1 Å². The van der Waals surface area contributed by atoms with Gasteiger partial charge in [-0.2, -0.15) is 0 Å². The number of hydrogen-bond donors (Lipinski definition) is 2. The maximum atomic E-state index is 13.0. The van der Waals surface area contributed by atoms with Gasteiger partial charge < -0.3 is 19.7 Å². The van der Waals surface area contributed by atoms with Crippen molar-refractivity contribution in [3.8, 4) is 0 Å². The van der Waals surface area contributed by atoms with Crippen LogP contribution in [0.2, 0.25) is 0 Å². The van der Waals surface area contributed by atoms with Gasteiger partial charge in [0.05, 0.1) is 6.61 Å². The molecule has 2 atom stereocenters. The fourth-order valence-corrected chi connectivity index (χ4v) is 3.69. The second-order valence-electron chi connectivity index (χ2n) is 7.78. The Hall–Kier alpha value is -3.42. The minimum atomic E-state index is -1.05. The second-order valence-corrected chi connectivity index (χ2v) is 7.78. The summed E-state index contributed by atoms with van der Waals surface area (Å²) in [5, 5.41) is 12.7. The number of ether oxygens (including phenoxy) is 1. The van der Waals surface area contributed by atoms with Gasteiger partial charge in [0.1, 0.15) is 12.1 Å². The molecule has 7 heteroatoms. The van der Waals surface area contributed by atoms with Crippen LogP contribution in [-0.2, 0) is 27.2 Å². The Bertz CT molecular complexity index is 1090. The van der Waals surface area contributed by atoms with Gasteiger partial charge in [0.25, 0.3) is 5.91 Å². The molecule has 32 heavy (non-hydrogen) atoms. The molecule has 1 aliphatic rings. The SMILES string of the molecule is C[C@H](OC(=O)[C@H](Cc1ccccc1)NC(=O)c1ccc2c(c1)B(O)OC2)c1ccccc1. The Kier molecular flexibility index (Phi) is 6.68. The molecule has 3 aromatic carbocycles. The van der Waals surface area contributed by atoms with Gasteiger partial charge in [-0.1, -0.05) is 66.7 Å². The number of fused-ring (bicyclic) bond motifs is 1. The Balaban J connectivity index is 1.52. The first-order valence-corrected chi connectivity index (χ1v) is 10.5. The van der Waals surface area contributed by atoms with Crippen molar-refractivity contribution in [2.45, 2.75) is 32.1 Å². The summed E-state index contributed by atoms with van der Waals surface area (Å²) in [5.74, 6) is -0.930. The fraction of sp³-hybridized carbons (Fsp3) is 0.200. The maximum absolute atomic E-state index is 13.0. The third-order valence-electron chi connectivity index (χ3n) is 5.51. The summed E-state index contributed by atoms with van der Waals surface area (Å²) in [6.07, 6.45) is -0.157. The van der Waals surface area contributed by atoms with E-state index in [-0.39, 0.29) is 0 Å². The van der Waals surface area contributed by atoms with Crippen LogP contribution in [0.4, 0.5) is 0 Å². The molecule has 162 valence electrons. The van der Waals surface area contributed by atoms with Gasteiger partial charge in [-0.05, 0) is 41.2 Å². The van der Waals surface area contributed by atoms with Crippen LogP contribution < -0.4 is 10.8 Å². The van der Waals surface area contributed by atoms with E-state index in [1.807, 2.05) is 60.7 Å². The number of hydrogen-bond acceptors (Lipinski definition) is 5. The zero-order valence-corrected chi connectivity index (χ0v) is 17.7. The van der Waals surface area contributed by atoms with Gasteiger partial charge in [0.15, 0.2) is 0 Å². The number of rotatable bonds is 7. The highest BCUT2D eigenvalue weighted by molar-refractivity contribution is 6.61. The van der Waals surface area contributed by atoms with Gasteiger partial charge in [0.2, 0.25) is 0 Å². The zero-order valence-electron chi connectivity index (χ0n) is 17.7. The Labute approximate surface area is 187 Å². The highest BCUT2D eigenvalue weighted by Crippen LogP contribution is 2.18. The van der Waals surface area contributed by atoms with Crippen LogP contribution in [0.3, 0.4) is 0 Å². The molecule has 4 rings (SSSR count). The first kappa shape index (κ1) is 21.8. The molecule has 0 radical (unpaired) electrons. The molecule has 1 amide bonds. The average Bonchev–Trinajstić information content (AvgIpc) is 3.19. The lowest BCUT2D eigenvalue weighted by molar-refractivity contribution is -0.151. The summed E-state index contributed by atoms with van der Waals surface area (Å²) in [7, 11) is -1.05. The van der Waals surface area contributed by atoms with Crippen LogP contribution in [0.1, 0.15) is 40.1 Å². The fourth-order valence-electron chi connectivity index (χ4n) is 3.69. The van der Waals surface area contributed by atoms with Crippen LogP contribution in [-0.4, -0.2) is 30.1 Å². The summed E-state index contributed by atoms with van der Waals surface area (Å²) in [4.78, 5) is 26.0. The Morgan fingerprint density at radius 1 is 1.06 bits per heavy atom. The van der Waals surface area contributed by atoms with Crippen LogP contribution in [0.15, 0.2) is 78.9 Å². The van der Waals surface area contributed by atoms with Crippen molar-refractivity contribution in [2.24, 2.45) is 0 Å². The van der Waals surface area contributed by atoms with E-state index in [2.05, 4.69) is 5.32 Å². The zero-order chi connectivity index (χ0) is 22.5. The minimum absolute atomic E-state index is 0.295. The summed E-state index contributed by atoms with van der Waals surface area (Å²) < 4.78 is 10.9. The van der Waals surface area contributed by atoms with Gasteiger partial charge in [-0.15, -0.1) is 0 Å². The van der Waals surface area contributed by atoms with Gasteiger partial charge in [-0.25, -0.2) is 4.79 Å². The molecule has 2 N–H and O–H groups in total. The normalized spacial score (nSPS) is 14.4. The van der Waals surface area contributed by atoms with E-state index < -0.39 is 31.1 Å². The molecule has 0 bridgehead atoms. The molecule has 0 saturated heterocycles. The van der Waals surface area contributed by atoms with Crippen molar-refractivity contribution in [3.05, 3.63) is 101 Å². The summed E-state index contributed by atoms with van der Waals surface area (Å²) >= 11 is 0. The van der Waals surface area contributed by atoms with Crippen LogP contribution in [0.5, 0.6) is 0 Å². The Morgan fingerprint density at radius 3 is 2.47 bits per heavy atom. The van der Waals surface area contributed by atoms with Crippen LogP contribution in [0, 0.1) is 0 Å². The van der Waals surface area contributed by atoms with E-state index in [1.165, 1.54) is 0 Å². The molecule has 0 saturated carbocycles. The van der Waals surface area contributed by atoms with Gasteiger partial charge >= 0.3 is 13.1 Å². The predicted octanol–water partition coefficient (Wildman–Crippen LogP) is 2.55. The van der Waals surface area contributed by atoms with E-state index in [0.29, 0.717) is 24.1 Å². The smallest absolute Gasteiger partial charge is 0.456 e. The number of benzene rings is 3. The van der Waals surface area contributed by atoms with E-state index in [4.69, 9.17) is 9.39 Å². The van der Waals surface area contributed by atoms with Crippen molar-refractivity contribution in [2.75, 3.05) is 0 Å². The summed E-state index contributed by atoms with van der Waals surface area (Å²) in [6, 6.07) is 23.0. The lowest BCUT2D eigenvalue weighted by atomic mass is 9.78. The number of carbonyl (C=O) groups excluding carboxylic acids is 2. The number of esters is 1. The lowest BCUT2D eigenvalue weighted by Gasteiger charge is -2.21. The van der Waals surface area contributed by atoms with Crippen LogP contribution >= 0.6 is 0 Å². The standard InChI is InChI=1S/C25H24BNO5/c1-17(19-10-6-3-7-11-19)32-25(29)23(14-18-8-4-2-5-9-18)27-24(28)20-12-13-21-16-31-26(30)22(21)15-20/h2-13,15,17,23,30H,14,16H2,1H3,(H,27,28)/t17-,23-/m0/s1. The highest BCUT2D eigenvalue weighted by atomic mass is 16.5. The molecule has 1 heterocycles. The van der Waals surface area contributed by atoms with Crippen molar-refractivity contribution >= 4 is 24.5 Å². The van der Waals surface area contributed by atoms with Gasteiger partial charge in [0, 0.05) is 12.0 Å². The third-order valence-corrected chi connectivity index (χ3v) is 5.51. The third kappa shape index (κ3) is 5.07. The second kappa shape index (κ2) is 9.81. The first-order chi connectivity index (χ1) is 15.5. The first-order valence-electron chi connectivity index (χ1n) is 10.5. The van der Waals surface area contributed by atoms with Gasteiger partial charge in [-0.3, -0.25) is 4.79 Å². The Morgan fingerprint density at radius 2 is 1.75 bits per heavy atom. The minimum Gasteiger partial charge on any atom is -0.456 e. The van der Waals surface area contributed by atoms with Crippen molar-refractivity contribution < 1.29 is 24.0 Å². The molecule has 3 aromatic rings. The van der Waals surface area contributed by atoms with Crippen molar-refractivity contribution in [1.82, 2.24) is 5.32 Å². The molecule has 0 unspecified atom stereocenters. The molecule has 0 aliphatic carbocycles.